The molecular weight excluding hydrogens is 282 g/mol. The maximum absolute atomic E-state index is 13.0. The van der Waals surface area contributed by atoms with Crippen LogP contribution in [0, 0.1) is 11.6 Å². The standard InChI is InChI=1S/C10H12F2N2O2S2/c1-6(10(13)17)14(2)18(15,16)7-3-4-8(11)9(12)5-7/h3-6H,1-2H3,(H2,13,17). The van der Waals surface area contributed by atoms with E-state index < -0.39 is 27.7 Å². The molecule has 1 atom stereocenters. The maximum atomic E-state index is 13.0. The van der Waals surface area contributed by atoms with Crippen LogP contribution >= 0.6 is 12.2 Å². The average molecular weight is 294 g/mol. The quantitative estimate of drug-likeness (QED) is 0.849. The van der Waals surface area contributed by atoms with Crippen LogP contribution in [0.2, 0.25) is 0 Å². The molecule has 8 heteroatoms. The van der Waals surface area contributed by atoms with E-state index in [0.29, 0.717) is 6.07 Å². The summed E-state index contributed by atoms with van der Waals surface area (Å²) in [5, 5.41) is 0. The SMILES string of the molecule is CC(C(N)=S)N(C)S(=O)(=O)c1ccc(F)c(F)c1. The van der Waals surface area contributed by atoms with Gasteiger partial charge in [-0.3, -0.25) is 0 Å². The van der Waals surface area contributed by atoms with Gasteiger partial charge < -0.3 is 5.73 Å². The minimum atomic E-state index is -3.96. The molecule has 1 aromatic carbocycles. The lowest BCUT2D eigenvalue weighted by Gasteiger charge is -2.23. The number of rotatable bonds is 4. The summed E-state index contributed by atoms with van der Waals surface area (Å²) in [5.74, 6) is -2.34. The van der Waals surface area contributed by atoms with Gasteiger partial charge >= 0.3 is 0 Å². The van der Waals surface area contributed by atoms with Crippen LogP contribution in [0.15, 0.2) is 23.1 Å². The zero-order valence-electron chi connectivity index (χ0n) is 9.72. The van der Waals surface area contributed by atoms with E-state index in [0.717, 1.165) is 16.4 Å². The Labute approximate surface area is 109 Å². The van der Waals surface area contributed by atoms with Gasteiger partial charge in [0, 0.05) is 7.05 Å². The van der Waals surface area contributed by atoms with Crippen molar-refractivity contribution in [1.29, 1.82) is 0 Å². The molecule has 0 amide bonds. The first kappa shape index (κ1) is 14.9. The molecule has 1 rings (SSSR count). The lowest BCUT2D eigenvalue weighted by molar-refractivity contribution is 0.449. The van der Waals surface area contributed by atoms with Gasteiger partial charge in [0.05, 0.1) is 15.9 Å². The van der Waals surface area contributed by atoms with Crippen molar-refractivity contribution in [2.24, 2.45) is 5.73 Å². The molecule has 1 aromatic rings. The summed E-state index contributed by atoms with van der Waals surface area (Å²) in [7, 11) is -2.70. The van der Waals surface area contributed by atoms with Gasteiger partial charge in [-0.2, -0.15) is 4.31 Å². The molecule has 0 aliphatic rings. The third-order valence-corrected chi connectivity index (χ3v) is 4.79. The second-order valence-corrected chi connectivity index (χ2v) is 6.14. The Morgan fingerprint density at radius 2 is 1.94 bits per heavy atom. The third-order valence-electron chi connectivity index (χ3n) is 2.53. The second-order valence-electron chi connectivity index (χ2n) is 3.68. The molecule has 0 saturated heterocycles. The molecule has 0 heterocycles. The van der Waals surface area contributed by atoms with E-state index in [1.807, 2.05) is 0 Å². The number of halogens is 2. The molecule has 0 saturated carbocycles. The van der Waals surface area contributed by atoms with E-state index in [1.54, 1.807) is 0 Å². The summed E-state index contributed by atoms with van der Waals surface area (Å²) < 4.78 is 50.8. The van der Waals surface area contributed by atoms with Crippen molar-refractivity contribution in [3.05, 3.63) is 29.8 Å². The lowest BCUT2D eigenvalue weighted by atomic mass is 10.3. The predicted molar refractivity (Wildman–Crippen MR) is 67.6 cm³/mol. The number of sulfonamides is 1. The summed E-state index contributed by atoms with van der Waals surface area (Å²) in [6, 6.07) is 1.63. The fourth-order valence-corrected chi connectivity index (χ4v) is 2.77. The number of hydrogen-bond acceptors (Lipinski definition) is 3. The molecule has 0 spiro atoms. The summed E-state index contributed by atoms with van der Waals surface area (Å²) >= 11 is 4.70. The van der Waals surface area contributed by atoms with Crippen molar-refractivity contribution < 1.29 is 17.2 Å². The fourth-order valence-electron chi connectivity index (χ4n) is 1.19. The number of likely N-dealkylation sites (N-methyl/N-ethyl adjacent to an activating group) is 1. The minimum absolute atomic E-state index is 0.0105. The van der Waals surface area contributed by atoms with Gasteiger partial charge in [-0.15, -0.1) is 0 Å². The highest BCUT2D eigenvalue weighted by Crippen LogP contribution is 2.19. The van der Waals surface area contributed by atoms with Gasteiger partial charge in [-0.1, -0.05) is 12.2 Å². The first-order chi connectivity index (χ1) is 8.17. The molecule has 0 aromatic heterocycles. The van der Waals surface area contributed by atoms with Crippen LogP contribution < -0.4 is 5.73 Å². The van der Waals surface area contributed by atoms with Gasteiger partial charge in [0.2, 0.25) is 10.0 Å². The van der Waals surface area contributed by atoms with E-state index >= 15 is 0 Å². The molecule has 4 nitrogen and oxygen atoms in total. The van der Waals surface area contributed by atoms with Crippen molar-refractivity contribution >= 4 is 27.2 Å². The smallest absolute Gasteiger partial charge is 0.243 e. The Balaban J connectivity index is 3.21. The van der Waals surface area contributed by atoms with Gasteiger partial charge in [-0.05, 0) is 25.1 Å². The largest absolute Gasteiger partial charge is 0.392 e. The molecule has 0 aliphatic carbocycles. The van der Waals surface area contributed by atoms with Crippen molar-refractivity contribution in [1.82, 2.24) is 4.31 Å². The van der Waals surface area contributed by atoms with E-state index in [-0.39, 0.29) is 9.88 Å². The fraction of sp³-hybridized carbons (Fsp3) is 0.300. The van der Waals surface area contributed by atoms with Crippen molar-refractivity contribution in [3.8, 4) is 0 Å². The van der Waals surface area contributed by atoms with Gasteiger partial charge in [0.1, 0.15) is 0 Å². The van der Waals surface area contributed by atoms with Crippen LogP contribution in [0.25, 0.3) is 0 Å². The Morgan fingerprint density at radius 1 is 1.39 bits per heavy atom. The highest BCUT2D eigenvalue weighted by atomic mass is 32.2. The molecule has 100 valence electrons. The van der Waals surface area contributed by atoms with Crippen LogP contribution in [0.5, 0.6) is 0 Å². The van der Waals surface area contributed by atoms with E-state index in [1.165, 1.54) is 14.0 Å². The van der Waals surface area contributed by atoms with Gasteiger partial charge in [0.25, 0.3) is 0 Å². The van der Waals surface area contributed by atoms with Gasteiger partial charge in [0.15, 0.2) is 11.6 Å². The molecule has 0 fully saturated rings. The van der Waals surface area contributed by atoms with E-state index in [2.05, 4.69) is 0 Å². The van der Waals surface area contributed by atoms with Gasteiger partial charge in [-0.25, -0.2) is 17.2 Å². The Kier molecular flexibility index (Phi) is 4.36. The monoisotopic (exact) mass is 294 g/mol. The molecule has 1 unspecified atom stereocenters. The molecule has 0 radical (unpaired) electrons. The normalized spacial score (nSPS) is 13.6. The predicted octanol–water partition coefficient (Wildman–Crippen LogP) is 1.26. The number of benzene rings is 1. The maximum Gasteiger partial charge on any atom is 0.243 e. The van der Waals surface area contributed by atoms with Crippen LogP contribution in [0.4, 0.5) is 8.78 Å². The molecular formula is C10H12F2N2O2S2. The van der Waals surface area contributed by atoms with E-state index in [9.17, 15) is 17.2 Å². The van der Waals surface area contributed by atoms with E-state index in [4.69, 9.17) is 18.0 Å². The summed E-state index contributed by atoms with van der Waals surface area (Å²) in [5.41, 5.74) is 5.36. The zero-order valence-corrected chi connectivity index (χ0v) is 11.4. The summed E-state index contributed by atoms with van der Waals surface area (Å²) in [4.78, 5) is -0.365. The minimum Gasteiger partial charge on any atom is -0.392 e. The van der Waals surface area contributed by atoms with Crippen LogP contribution in [-0.4, -0.2) is 30.8 Å². The Bertz CT molecular complexity index is 575. The zero-order chi connectivity index (χ0) is 14.1. The number of nitrogens with two attached hydrogens (primary N) is 1. The first-order valence-electron chi connectivity index (χ1n) is 4.90. The van der Waals surface area contributed by atoms with Crippen molar-refractivity contribution in [3.63, 3.8) is 0 Å². The number of nitrogens with zero attached hydrogens (tertiary/aromatic N) is 1. The highest BCUT2D eigenvalue weighted by molar-refractivity contribution is 7.89. The van der Waals surface area contributed by atoms with Crippen LogP contribution in [0.3, 0.4) is 0 Å². The molecule has 2 N–H and O–H groups in total. The summed E-state index contributed by atoms with van der Waals surface area (Å²) in [6.07, 6.45) is 0. The van der Waals surface area contributed by atoms with Crippen molar-refractivity contribution in [2.45, 2.75) is 17.9 Å². The number of thiocarbonyl (C=S) groups is 1. The molecule has 0 aliphatic heterocycles. The number of hydrogen-bond donors (Lipinski definition) is 1. The lowest BCUT2D eigenvalue weighted by Crippen LogP contribution is -2.42. The topological polar surface area (TPSA) is 63.4 Å². The third kappa shape index (κ3) is 2.82. The molecule has 0 bridgehead atoms. The summed E-state index contributed by atoms with van der Waals surface area (Å²) in [6.45, 7) is 1.50. The Hall–Kier alpha value is -1.12. The molecule has 18 heavy (non-hydrogen) atoms. The average Bonchev–Trinajstić information content (AvgIpc) is 2.30. The second kappa shape index (κ2) is 5.25. The highest BCUT2D eigenvalue weighted by Gasteiger charge is 2.27. The van der Waals surface area contributed by atoms with Crippen LogP contribution in [0.1, 0.15) is 6.92 Å². The van der Waals surface area contributed by atoms with Crippen LogP contribution in [-0.2, 0) is 10.0 Å². The Morgan fingerprint density at radius 3 is 2.39 bits per heavy atom. The van der Waals surface area contributed by atoms with Crippen molar-refractivity contribution in [2.75, 3.05) is 7.05 Å². The first-order valence-corrected chi connectivity index (χ1v) is 6.75.